The molecule has 84 valence electrons. The van der Waals surface area contributed by atoms with Crippen LogP contribution < -0.4 is 0 Å². The van der Waals surface area contributed by atoms with Crippen LogP contribution in [0.1, 0.15) is 33.6 Å². The number of aliphatic imine (C=N–C) groups is 1. The van der Waals surface area contributed by atoms with Crippen LogP contribution >= 0.6 is 0 Å². The number of hydrogen-bond acceptors (Lipinski definition) is 1. The molecule has 0 aromatic rings. The summed E-state index contributed by atoms with van der Waals surface area (Å²) in [6.07, 6.45) is 12.9. The molecule has 1 atom stereocenters. The zero-order valence-corrected chi connectivity index (χ0v) is 11.4. The first kappa shape index (κ1) is 12.6. The first-order valence-electron chi connectivity index (χ1n) is 5.44. The van der Waals surface area contributed by atoms with E-state index in [9.17, 15) is 0 Å². The Morgan fingerprint density at radius 1 is 1.40 bits per heavy atom. The van der Waals surface area contributed by atoms with Crippen LogP contribution in [0.15, 0.2) is 40.0 Å². The molecule has 1 unspecified atom stereocenters. The summed E-state index contributed by atoms with van der Waals surface area (Å²) in [6, 6.07) is 0. The fraction of sp³-hybridized carbons (Fsp3) is 0.462. The van der Waals surface area contributed by atoms with Gasteiger partial charge < -0.3 is 0 Å². The Balaban J connectivity index is 2.64. The van der Waals surface area contributed by atoms with E-state index in [2.05, 4.69) is 48.9 Å². The summed E-state index contributed by atoms with van der Waals surface area (Å²) in [4.78, 5) is 4.82. The Morgan fingerprint density at radius 3 is 2.73 bits per heavy atom. The van der Waals surface area contributed by atoms with Crippen molar-refractivity contribution in [3.63, 3.8) is 0 Å². The van der Waals surface area contributed by atoms with Gasteiger partial charge in [-0.05, 0) is 0 Å². The standard InChI is InChI=1S/C8H12N.C5H7.Ru/c1-3-7-5-6-8(4-2)9-7;1-3-5-4-2;/h5-6H,3-4H2,1-2H3;1,3-5H,2H3;. The maximum atomic E-state index is 4.82. The van der Waals surface area contributed by atoms with Gasteiger partial charge in [-0.2, -0.15) is 0 Å². The minimum absolute atomic E-state index is 0.135. The first-order chi connectivity index (χ1) is 7.26. The van der Waals surface area contributed by atoms with E-state index in [0.29, 0.717) is 0 Å². The van der Waals surface area contributed by atoms with Gasteiger partial charge in [-0.1, -0.05) is 0 Å². The third-order valence-electron chi connectivity index (χ3n) is 2.31. The Labute approximate surface area is 101 Å². The zero-order valence-electron chi connectivity index (χ0n) is 9.68. The second-order valence-corrected chi connectivity index (χ2v) is 5.97. The van der Waals surface area contributed by atoms with E-state index in [4.69, 9.17) is 4.99 Å². The summed E-state index contributed by atoms with van der Waals surface area (Å²) >= 11 is 0.169. The molecule has 0 aliphatic carbocycles. The second kappa shape index (κ2) is 6.17. The van der Waals surface area contributed by atoms with Crippen molar-refractivity contribution < 1.29 is 17.1 Å². The van der Waals surface area contributed by atoms with Gasteiger partial charge in [0.05, 0.1) is 0 Å². The van der Waals surface area contributed by atoms with E-state index < -0.39 is 0 Å². The summed E-state index contributed by atoms with van der Waals surface area (Å²) < 4.78 is 2.43. The molecule has 0 saturated heterocycles. The molecule has 0 bridgehead atoms. The van der Waals surface area contributed by atoms with Crippen molar-refractivity contribution >= 4 is 5.71 Å². The predicted octanol–water partition coefficient (Wildman–Crippen LogP) is 3.69. The van der Waals surface area contributed by atoms with Crippen LogP contribution in [-0.4, -0.2) is 9.84 Å². The molecule has 0 N–H and O–H groups in total. The van der Waals surface area contributed by atoms with Crippen LogP contribution in [0.2, 0.25) is 0 Å². The Bertz CT molecular complexity index is 312. The van der Waals surface area contributed by atoms with Gasteiger partial charge in [0, 0.05) is 0 Å². The molecule has 2 heteroatoms. The van der Waals surface area contributed by atoms with Crippen LogP contribution in [-0.2, 0) is 17.1 Å². The molecule has 0 fully saturated rings. The van der Waals surface area contributed by atoms with Crippen LogP contribution in [0.4, 0.5) is 0 Å². The molecule has 1 aliphatic rings. The van der Waals surface area contributed by atoms with Crippen molar-refractivity contribution in [3.8, 4) is 0 Å². The summed E-state index contributed by atoms with van der Waals surface area (Å²) in [6.45, 7) is 6.43. The van der Waals surface area contributed by atoms with Crippen LogP contribution in [0, 0.1) is 0 Å². The molecule has 0 spiro atoms. The summed E-state index contributed by atoms with van der Waals surface area (Å²) in [5.74, 6) is 0. The van der Waals surface area contributed by atoms with E-state index in [1.165, 1.54) is 5.71 Å². The third kappa shape index (κ3) is 3.53. The second-order valence-electron chi connectivity index (χ2n) is 3.38. The monoisotopic (exact) mass is 291 g/mol. The molecule has 0 radical (unpaired) electrons. The summed E-state index contributed by atoms with van der Waals surface area (Å²) in [5, 5.41) is 0. The SMILES string of the molecule is CC=CC=[CH][Ru][C]1(CC)C=CC(CC)=N1. The van der Waals surface area contributed by atoms with E-state index in [1.807, 2.05) is 6.92 Å². The Morgan fingerprint density at radius 2 is 2.20 bits per heavy atom. The van der Waals surface area contributed by atoms with Gasteiger partial charge in [0.1, 0.15) is 0 Å². The fourth-order valence-electron chi connectivity index (χ4n) is 1.34. The van der Waals surface area contributed by atoms with Crippen molar-refractivity contribution in [2.24, 2.45) is 4.99 Å². The molecule has 0 saturated carbocycles. The van der Waals surface area contributed by atoms with Crippen LogP contribution in [0.3, 0.4) is 0 Å². The van der Waals surface area contributed by atoms with Crippen LogP contribution in [0.25, 0.3) is 0 Å². The third-order valence-corrected chi connectivity index (χ3v) is 4.90. The van der Waals surface area contributed by atoms with E-state index in [-0.39, 0.29) is 21.3 Å². The minimum atomic E-state index is 0.135. The summed E-state index contributed by atoms with van der Waals surface area (Å²) in [7, 11) is 0. The molecule has 1 heterocycles. The Hall–Kier alpha value is -0.487. The van der Waals surface area contributed by atoms with E-state index >= 15 is 0 Å². The van der Waals surface area contributed by atoms with Gasteiger partial charge in [0.2, 0.25) is 0 Å². The van der Waals surface area contributed by atoms with Crippen molar-refractivity contribution in [2.75, 3.05) is 0 Å². The quantitative estimate of drug-likeness (QED) is 0.541. The number of allylic oxidation sites excluding steroid dienone is 4. The number of hydrogen-bond donors (Lipinski definition) is 0. The molecule has 1 nitrogen and oxygen atoms in total. The van der Waals surface area contributed by atoms with E-state index in [0.717, 1.165) is 12.8 Å². The molecule has 0 amide bonds. The van der Waals surface area contributed by atoms with E-state index in [1.54, 1.807) is 0 Å². The van der Waals surface area contributed by atoms with Gasteiger partial charge >= 0.3 is 101 Å². The predicted molar refractivity (Wildman–Crippen MR) is 63.8 cm³/mol. The molecular formula is C13H19NRu. The fourth-order valence-corrected chi connectivity index (χ4v) is 3.23. The van der Waals surface area contributed by atoms with Crippen molar-refractivity contribution in [1.29, 1.82) is 0 Å². The van der Waals surface area contributed by atoms with Crippen molar-refractivity contribution in [3.05, 3.63) is 35.1 Å². The number of nitrogens with zero attached hydrogens (tertiary/aromatic N) is 1. The number of rotatable bonds is 5. The topological polar surface area (TPSA) is 12.4 Å². The van der Waals surface area contributed by atoms with Gasteiger partial charge in [0.25, 0.3) is 0 Å². The molecule has 15 heavy (non-hydrogen) atoms. The average molecular weight is 290 g/mol. The van der Waals surface area contributed by atoms with Gasteiger partial charge in [-0.3, -0.25) is 0 Å². The molecule has 0 aromatic carbocycles. The summed E-state index contributed by atoms with van der Waals surface area (Å²) in [5.41, 5.74) is 1.26. The first-order valence-corrected chi connectivity index (χ1v) is 7.31. The zero-order chi connectivity index (χ0) is 11.1. The molecule has 0 aromatic heterocycles. The van der Waals surface area contributed by atoms with Crippen molar-refractivity contribution in [2.45, 2.75) is 37.7 Å². The Kier molecular flexibility index (Phi) is 5.18. The van der Waals surface area contributed by atoms with Gasteiger partial charge in [-0.15, -0.1) is 0 Å². The molecule has 1 aliphatic heterocycles. The molecular weight excluding hydrogens is 271 g/mol. The normalized spacial score (nSPS) is 25.9. The average Bonchev–Trinajstić information content (AvgIpc) is 2.69. The van der Waals surface area contributed by atoms with Crippen LogP contribution in [0.5, 0.6) is 0 Å². The van der Waals surface area contributed by atoms with Crippen molar-refractivity contribution in [1.82, 2.24) is 0 Å². The maximum absolute atomic E-state index is 4.82. The molecule has 1 rings (SSSR count). The van der Waals surface area contributed by atoms with Gasteiger partial charge in [0.15, 0.2) is 0 Å². The van der Waals surface area contributed by atoms with Gasteiger partial charge in [-0.25, -0.2) is 0 Å².